The predicted molar refractivity (Wildman–Crippen MR) is 84.3 cm³/mol. The standard InChI is InChI=1S/C17H23FN2O3/c18-14-7-4-12(5-8-14)2-1-3-16(21)20-10-13(17(22)23)6-9-15(19)11-20/h4-5,7-8,13,15H,1-3,6,9-11,19H2,(H,22,23)/t13-,15+/m0/s1. The normalized spacial score (nSPS) is 21.7. The molecule has 126 valence electrons. The van der Waals surface area contributed by atoms with Crippen LogP contribution in [0, 0.1) is 11.7 Å². The minimum Gasteiger partial charge on any atom is -0.481 e. The van der Waals surface area contributed by atoms with Crippen molar-refractivity contribution in [1.82, 2.24) is 4.90 Å². The smallest absolute Gasteiger partial charge is 0.308 e. The zero-order valence-electron chi connectivity index (χ0n) is 13.1. The lowest BCUT2D eigenvalue weighted by Gasteiger charge is -2.24. The van der Waals surface area contributed by atoms with Crippen LogP contribution < -0.4 is 5.73 Å². The van der Waals surface area contributed by atoms with Crippen molar-refractivity contribution in [2.24, 2.45) is 11.7 Å². The number of rotatable bonds is 5. The summed E-state index contributed by atoms with van der Waals surface area (Å²) in [6.45, 7) is 0.650. The van der Waals surface area contributed by atoms with Crippen LogP contribution in [0.4, 0.5) is 4.39 Å². The number of aryl methyl sites for hydroxylation is 1. The van der Waals surface area contributed by atoms with Gasteiger partial charge in [0.1, 0.15) is 5.82 Å². The number of likely N-dealkylation sites (tertiary alicyclic amines) is 1. The third kappa shape index (κ3) is 5.32. The number of halogens is 1. The van der Waals surface area contributed by atoms with Gasteiger partial charge in [0.2, 0.25) is 5.91 Å². The second-order valence-electron chi connectivity index (χ2n) is 6.15. The molecule has 0 unspecified atom stereocenters. The van der Waals surface area contributed by atoms with Crippen molar-refractivity contribution in [2.75, 3.05) is 13.1 Å². The number of benzene rings is 1. The summed E-state index contributed by atoms with van der Waals surface area (Å²) in [7, 11) is 0. The number of carbonyl (C=O) groups excluding carboxylic acids is 1. The molecule has 1 heterocycles. The number of nitrogens with two attached hydrogens (primary N) is 1. The second-order valence-corrected chi connectivity index (χ2v) is 6.15. The van der Waals surface area contributed by atoms with Crippen molar-refractivity contribution in [1.29, 1.82) is 0 Å². The monoisotopic (exact) mass is 322 g/mol. The SMILES string of the molecule is N[C@@H]1CC[C@H](C(=O)O)CN(C(=O)CCCc2ccc(F)cc2)C1. The summed E-state index contributed by atoms with van der Waals surface area (Å²) < 4.78 is 12.8. The lowest BCUT2D eigenvalue weighted by molar-refractivity contribution is -0.143. The molecule has 1 amide bonds. The Labute approximate surface area is 135 Å². The molecule has 1 saturated heterocycles. The zero-order chi connectivity index (χ0) is 16.8. The molecule has 6 heteroatoms. The van der Waals surface area contributed by atoms with Gasteiger partial charge in [0, 0.05) is 25.6 Å². The average molecular weight is 322 g/mol. The van der Waals surface area contributed by atoms with Gasteiger partial charge in [-0.15, -0.1) is 0 Å². The van der Waals surface area contributed by atoms with Gasteiger partial charge in [-0.25, -0.2) is 4.39 Å². The summed E-state index contributed by atoms with van der Waals surface area (Å²) in [5.74, 6) is -1.74. The van der Waals surface area contributed by atoms with E-state index in [-0.39, 0.29) is 24.3 Å². The van der Waals surface area contributed by atoms with E-state index < -0.39 is 11.9 Å². The molecule has 3 N–H and O–H groups in total. The molecule has 0 bridgehead atoms. The molecule has 1 fully saturated rings. The molecule has 0 radical (unpaired) electrons. The fraction of sp³-hybridized carbons (Fsp3) is 0.529. The van der Waals surface area contributed by atoms with Crippen molar-refractivity contribution in [3.63, 3.8) is 0 Å². The summed E-state index contributed by atoms with van der Waals surface area (Å²) in [6.07, 6.45) is 2.81. The summed E-state index contributed by atoms with van der Waals surface area (Å²) in [5, 5.41) is 9.19. The molecule has 1 aliphatic heterocycles. The molecule has 1 aromatic carbocycles. The number of hydrogen-bond donors (Lipinski definition) is 2. The molecule has 2 rings (SSSR count). The van der Waals surface area contributed by atoms with Crippen LogP contribution in [-0.4, -0.2) is 41.0 Å². The van der Waals surface area contributed by atoms with Crippen LogP contribution in [0.25, 0.3) is 0 Å². The first kappa shape index (κ1) is 17.4. The van der Waals surface area contributed by atoms with Gasteiger partial charge in [-0.2, -0.15) is 0 Å². The van der Waals surface area contributed by atoms with E-state index in [1.165, 1.54) is 12.1 Å². The molecule has 0 aromatic heterocycles. The quantitative estimate of drug-likeness (QED) is 0.866. The van der Waals surface area contributed by atoms with E-state index in [1.807, 2.05) is 0 Å². The Kier molecular flexibility index (Phi) is 6.10. The van der Waals surface area contributed by atoms with Crippen molar-refractivity contribution in [2.45, 2.75) is 38.1 Å². The number of carboxylic acid groups (broad SMARTS) is 1. The fourth-order valence-corrected chi connectivity index (χ4v) is 2.88. The highest BCUT2D eigenvalue weighted by Gasteiger charge is 2.28. The summed E-state index contributed by atoms with van der Waals surface area (Å²) in [6, 6.07) is 6.06. The topological polar surface area (TPSA) is 83.6 Å². The lowest BCUT2D eigenvalue weighted by atomic mass is 10.0. The highest BCUT2D eigenvalue weighted by atomic mass is 19.1. The third-order valence-corrected chi connectivity index (χ3v) is 4.25. The number of carbonyl (C=O) groups is 2. The van der Waals surface area contributed by atoms with Crippen LogP contribution in [0.15, 0.2) is 24.3 Å². The van der Waals surface area contributed by atoms with Gasteiger partial charge in [0.15, 0.2) is 0 Å². The van der Waals surface area contributed by atoms with Gasteiger partial charge in [0.05, 0.1) is 5.92 Å². The minimum absolute atomic E-state index is 0.0595. The Bertz CT molecular complexity index is 547. The summed E-state index contributed by atoms with van der Waals surface area (Å²) >= 11 is 0. The van der Waals surface area contributed by atoms with Gasteiger partial charge >= 0.3 is 5.97 Å². The Morgan fingerprint density at radius 1 is 1.22 bits per heavy atom. The molecule has 23 heavy (non-hydrogen) atoms. The number of amides is 1. The number of carboxylic acids is 1. The Hall–Kier alpha value is -1.95. The molecule has 0 saturated carbocycles. The summed E-state index contributed by atoms with van der Waals surface area (Å²) in [4.78, 5) is 25.1. The van der Waals surface area contributed by atoms with Crippen molar-refractivity contribution in [3.8, 4) is 0 Å². The van der Waals surface area contributed by atoms with Crippen LogP contribution in [0.5, 0.6) is 0 Å². The van der Waals surface area contributed by atoms with Crippen molar-refractivity contribution < 1.29 is 19.1 Å². The molecular formula is C17H23FN2O3. The van der Waals surface area contributed by atoms with Crippen LogP contribution in [0.3, 0.4) is 0 Å². The van der Waals surface area contributed by atoms with Crippen LogP contribution in [0.2, 0.25) is 0 Å². The van der Waals surface area contributed by atoms with Crippen LogP contribution >= 0.6 is 0 Å². The summed E-state index contributed by atoms with van der Waals surface area (Å²) in [5.41, 5.74) is 6.92. The largest absolute Gasteiger partial charge is 0.481 e. The Morgan fingerprint density at radius 2 is 1.91 bits per heavy atom. The minimum atomic E-state index is -0.872. The Balaban J connectivity index is 1.85. The first-order valence-electron chi connectivity index (χ1n) is 7.96. The van der Waals surface area contributed by atoms with E-state index in [4.69, 9.17) is 5.73 Å². The molecule has 0 aliphatic carbocycles. The predicted octanol–water partition coefficient (Wildman–Crippen LogP) is 1.80. The maximum atomic E-state index is 12.8. The lowest BCUT2D eigenvalue weighted by Crippen LogP contribution is -2.41. The fourth-order valence-electron chi connectivity index (χ4n) is 2.88. The van der Waals surface area contributed by atoms with Gasteiger partial charge in [-0.1, -0.05) is 12.1 Å². The van der Waals surface area contributed by atoms with Gasteiger partial charge in [-0.3, -0.25) is 9.59 Å². The highest BCUT2D eigenvalue weighted by Crippen LogP contribution is 2.18. The molecule has 1 aromatic rings. The van der Waals surface area contributed by atoms with Crippen molar-refractivity contribution >= 4 is 11.9 Å². The molecule has 1 aliphatic rings. The van der Waals surface area contributed by atoms with Gasteiger partial charge in [0.25, 0.3) is 0 Å². The molecule has 5 nitrogen and oxygen atoms in total. The number of aliphatic carboxylic acids is 1. The van der Waals surface area contributed by atoms with Gasteiger partial charge in [-0.05, 0) is 43.4 Å². The second kappa shape index (κ2) is 8.06. The number of nitrogens with zero attached hydrogens (tertiary/aromatic N) is 1. The molecule has 2 atom stereocenters. The number of hydrogen-bond acceptors (Lipinski definition) is 3. The van der Waals surface area contributed by atoms with Crippen LogP contribution in [0.1, 0.15) is 31.2 Å². The molecule has 0 spiro atoms. The Morgan fingerprint density at radius 3 is 2.57 bits per heavy atom. The molecular weight excluding hydrogens is 299 g/mol. The van der Waals surface area contributed by atoms with E-state index in [0.717, 1.165) is 5.56 Å². The van der Waals surface area contributed by atoms with Crippen LogP contribution in [-0.2, 0) is 16.0 Å². The van der Waals surface area contributed by atoms with E-state index in [0.29, 0.717) is 38.6 Å². The van der Waals surface area contributed by atoms with E-state index in [9.17, 15) is 19.1 Å². The van der Waals surface area contributed by atoms with Crippen molar-refractivity contribution in [3.05, 3.63) is 35.6 Å². The highest BCUT2D eigenvalue weighted by molar-refractivity contribution is 5.77. The van der Waals surface area contributed by atoms with E-state index >= 15 is 0 Å². The average Bonchev–Trinajstić information content (AvgIpc) is 2.71. The third-order valence-electron chi connectivity index (χ3n) is 4.25. The van der Waals surface area contributed by atoms with Gasteiger partial charge < -0.3 is 15.7 Å². The maximum absolute atomic E-state index is 12.8. The first-order chi connectivity index (χ1) is 11.0. The first-order valence-corrected chi connectivity index (χ1v) is 7.96. The zero-order valence-corrected chi connectivity index (χ0v) is 13.1. The van der Waals surface area contributed by atoms with E-state index in [2.05, 4.69) is 0 Å². The van der Waals surface area contributed by atoms with E-state index in [1.54, 1.807) is 17.0 Å². The maximum Gasteiger partial charge on any atom is 0.308 e.